The number of rotatable bonds is 5. The van der Waals surface area contributed by atoms with Gasteiger partial charge in [0.05, 0.1) is 5.71 Å². The molecule has 0 radical (unpaired) electrons. The monoisotopic (exact) mass is 294 g/mol. The van der Waals surface area contributed by atoms with Crippen LogP contribution in [0.1, 0.15) is 24.2 Å². The number of amides is 1. The van der Waals surface area contributed by atoms with E-state index in [1.54, 1.807) is 37.3 Å². The number of carbonyl (C=O) groups excluding carboxylic acids is 1. The largest absolute Gasteiger partial charge is 0.378 e. The van der Waals surface area contributed by atoms with E-state index >= 15 is 0 Å². The molecule has 0 unspecified atom stereocenters. The van der Waals surface area contributed by atoms with Gasteiger partial charge in [-0.25, -0.2) is 5.43 Å². The van der Waals surface area contributed by atoms with Gasteiger partial charge in [-0.3, -0.25) is 4.79 Å². The summed E-state index contributed by atoms with van der Waals surface area (Å²) in [6.07, 6.45) is 2.47. The summed E-state index contributed by atoms with van der Waals surface area (Å²) in [5.41, 5.74) is 4.58. The van der Waals surface area contributed by atoms with Crippen LogP contribution in [-0.2, 0) is 4.79 Å². The van der Waals surface area contributed by atoms with Crippen LogP contribution in [0.5, 0.6) is 0 Å². The van der Waals surface area contributed by atoms with E-state index in [2.05, 4.69) is 10.5 Å². The van der Waals surface area contributed by atoms with Crippen LogP contribution in [0.4, 0.5) is 0 Å². The van der Waals surface area contributed by atoms with Crippen LogP contribution < -0.4 is 5.43 Å². The van der Waals surface area contributed by atoms with E-state index < -0.39 is 12.0 Å². The van der Waals surface area contributed by atoms with Crippen LogP contribution in [0.2, 0.25) is 0 Å². The van der Waals surface area contributed by atoms with Gasteiger partial charge in [-0.2, -0.15) is 5.10 Å². The molecule has 0 aliphatic rings. The first kappa shape index (κ1) is 15.7. The summed E-state index contributed by atoms with van der Waals surface area (Å²) in [4.78, 5) is 11.8. The highest BCUT2D eigenvalue weighted by Crippen LogP contribution is 2.11. The van der Waals surface area contributed by atoms with Gasteiger partial charge in [0.25, 0.3) is 5.91 Å². The molecule has 1 amide bonds. The Bertz CT molecular complexity index is 664. The van der Waals surface area contributed by atoms with E-state index in [1.807, 2.05) is 42.5 Å². The first-order chi connectivity index (χ1) is 10.7. The zero-order chi connectivity index (χ0) is 15.8. The fourth-order valence-corrected chi connectivity index (χ4v) is 1.81. The van der Waals surface area contributed by atoms with E-state index in [0.29, 0.717) is 11.3 Å². The fourth-order valence-electron chi connectivity index (χ4n) is 1.81. The molecule has 0 fully saturated rings. The minimum absolute atomic E-state index is 0.535. The van der Waals surface area contributed by atoms with Crippen molar-refractivity contribution in [2.45, 2.75) is 13.0 Å². The Morgan fingerprint density at radius 3 is 2.32 bits per heavy atom. The third-order valence-electron chi connectivity index (χ3n) is 3.02. The summed E-state index contributed by atoms with van der Waals surface area (Å²) >= 11 is 0. The smallest absolute Gasteiger partial charge is 0.273 e. The molecule has 2 aromatic rings. The van der Waals surface area contributed by atoms with Crippen molar-refractivity contribution in [1.82, 2.24) is 5.43 Å². The standard InChI is InChI=1S/C18H18N2O2/c1-14(12-13-15-8-4-2-5-9-15)19-20-18(22)17(21)16-10-6-3-7-11-16/h2-13,17,21H,1H3,(H,20,22)/b13-12-,19-14?/t17-/m0/s1. The van der Waals surface area contributed by atoms with E-state index in [9.17, 15) is 9.90 Å². The van der Waals surface area contributed by atoms with Gasteiger partial charge in [0.15, 0.2) is 6.10 Å². The molecule has 2 rings (SSSR count). The predicted molar refractivity (Wildman–Crippen MR) is 88.1 cm³/mol. The van der Waals surface area contributed by atoms with Crippen LogP contribution >= 0.6 is 0 Å². The minimum Gasteiger partial charge on any atom is -0.378 e. The lowest BCUT2D eigenvalue weighted by molar-refractivity contribution is -0.129. The maximum absolute atomic E-state index is 11.8. The molecule has 22 heavy (non-hydrogen) atoms. The molecule has 0 saturated carbocycles. The highest BCUT2D eigenvalue weighted by Gasteiger charge is 2.15. The lowest BCUT2D eigenvalue weighted by atomic mass is 10.1. The Hall–Kier alpha value is -2.72. The van der Waals surface area contributed by atoms with E-state index in [4.69, 9.17) is 0 Å². The van der Waals surface area contributed by atoms with Crippen LogP contribution in [0.15, 0.2) is 71.8 Å². The predicted octanol–water partition coefficient (Wildman–Crippen LogP) is 2.93. The summed E-state index contributed by atoms with van der Waals surface area (Å²) in [5.74, 6) is -0.557. The molecule has 112 valence electrons. The van der Waals surface area contributed by atoms with Crippen molar-refractivity contribution >= 4 is 17.7 Å². The summed E-state index contributed by atoms with van der Waals surface area (Å²) in [6.45, 7) is 1.77. The molecule has 0 heterocycles. The van der Waals surface area contributed by atoms with Crippen molar-refractivity contribution in [2.24, 2.45) is 5.10 Å². The summed E-state index contributed by atoms with van der Waals surface area (Å²) < 4.78 is 0. The van der Waals surface area contributed by atoms with Gasteiger partial charge in [-0.05, 0) is 24.1 Å². The molecule has 4 nitrogen and oxygen atoms in total. The molecule has 1 atom stereocenters. The first-order valence-electron chi connectivity index (χ1n) is 6.97. The number of allylic oxidation sites excluding steroid dienone is 1. The van der Waals surface area contributed by atoms with Gasteiger partial charge in [-0.1, -0.05) is 66.7 Å². The number of hydrazone groups is 1. The maximum atomic E-state index is 11.8. The highest BCUT2D eigenvalue weighted by atomic mass is 16.3. The second-order valence-corrected chi connectivity index (χ2v) is 4.79. The topological polar surface area (TPSA) is 61.7 Å². The molecule has 0 spiro atoms. The Morgan fingerprint density at radius 2 is 1.68 bits per heavy atom. The van der Waals surface area contributed by atoms with Crippen molar-refractivity contribution in [3.05, 3.63) is 77.9 Å². The average Bonchev–Trinajstić information content (AvgIpc) is 2.58. The van der Waals surface area contributed by atoms with E-state index in [-0.39, 0.29) is 0 Å². The van der Waals surface area contributed by atoms with Crippen LogP contribution in [0.25, 0.3) is 6.08 Å². The van der Waals surface area contributed by atoms with Gasteiger partial charge in [0.1, 0.15) is 0 Å². The summed E-state index contributed by atoms with van der Waals surface area (Å²) in [6, 6.07) is 18.5. The van der Waals surface area contributed by atoms with Gasteiger partial charge < -0.3 is 5.11 Å². The molecule has 0 aromatic heterocycles. The number of carbonyl (C=O) groups is 1. The third kappa shape index (κ3) is 4.68. The lowest BCUT2D eigenvalue weighted by Gasteiger charge is -2.08. The molecule has 0 bridgehead atoms. The van der Waals surface area contributed by atoms with Gasteiger partial charge in [0, 0.05) is 0 Å². The number of benzene rings is 2. The number of nitrogens with zero attached hydrogens (tertiary/aromatic N) is 1. The van der Waals surface area contributed by atoms with Crippen molar-refractivity contribution in [3.8, 4) is 0 Å². The Morgan fingerprint density at radius 1 is 1.09 bits per heavy atom. The summed E-state index contributed by atoms with van der Waals surface area (Å²) in [7, 11) is 0. The first-order valence-corrected chi connectivity index (χ1v) is 6.97. The Labute approximate surface area is 129 Å². The number of aliphatic hydroxyl groups is 1. The van der Waals surface area contributed by atoms with Gasteiger partial charge in [-0.15, -0.1) is 0 Å². The van der Waals surface area contributed by atoms with E-state index in [0.717, 1.165) is 5.56 Å². The maximum Gasteiger partial charge on any atom is 0.273 e. The van der Waals surface area contributed by atoms with Crippen molar-refractivity contribution in [1.29, 1.82) is 0 Å². The Kier molecular flexibility index (Phi) is 5.63. The second kappa shape index (κ2) is 7.90. The average molecular weight is 294 g/mol. The highest BCUT2D eigenvalue weighted by molar-refractivity contribution is 5.97. The Balaban J connectivity index is 1.93. The molecule has 0 aliphatic heterocycles. The SMILES string of the molecule is CC(/C=C\c1ccccc1)=NNC(=O)[C@@H](O)c1ccccc1. The van der Waals surface area contributed by atoms with E-state index in [1.165, 1.54) is 0 Å². The normalized spacial score (nSPS) is 13.1. The van der Waals surface area contributed by atoms with Crippen molar-refractivity contribution < 1.29 is 9.90 Å². The number of aliphatic hydroxyl groups excluding tert-OH is 1. The molecule has 4 heteroatoms. The van der Waals surface area contributed by atoms with Crippen LogP contribution in [0, 0.1) is 0 Å². The zero-order valence-corrected chi connectivity index (χ0v) is 12.3. The van der Waals surface area contributed by atoms with Gasteiger partial charge >= 0.3 is 0 Å². The second-order valence-electron chi connectivity index (χ2n) is 4.79. The zero-order valence-electron chi connectivity index (χ0n) is 12.3. The molecular weight excluding hydrogens is 276 g/mol. The van der Waals surface area contributed by atoms with Gasteiger partial charge in [0.2, 0.25) is 0 Å². The summed E-state index contributed by atoms with van der Waals surface area (Å²) in [5, 5.41) is 13.9. The number of nitrogens with one attached hydrogen (secondary N) is 1. The lowest BCUT2D eigenvalue weighted by Crippen LogP contribution is -2.25. The minimum atomic E-state index is -1.23. The van der Waals surface area contributed by atoms with Crippen molar-refractivity contribution in [3.63, 3.8) is 0 Å². The number of hydrogen-bond acceptors (Lipinski definition) is 3. The quantitative estimate of drug-likeness (QED) is 0.658. The fraction of sp³-hybridized carbons (Fsp3) is 0.111. The molecule has 0 saturated heterocycles. The molecule has 0 aliphatic carbocycles. The third-order valence-corrected chi connectivity index (χ3v) is 3.02. The number of hydrogen-bond donors (Lipinski definition) is 2. The van der Waals surface area contributed by atoms with Crippen LogP contribution in [-0.4, -0.2) is 16.7 Å². The molecule has 2 N–H and O–H groups in total. The van der Waals surface area contributed by atoms with Crippen LogP contribution in [0.3, 0.4) is 0 Å². The molecule has 2 aromatic carbocycles. The van der Waals surface area contributed by atoms with Crippen molar-refractivity contribution in [2.75, 3.05) is 0 Å². The molecular formula is C18H18N2O2.